The van der Waals surface area contributed by atoms with Crippen LogP contribution in [0.5, 0.6) is 0 Å². The summed E-state index contributed by atoms with van der Waals surface area (Å²) in [6, 6.07) is 3.82. The van der Waals surface area contributed by atoms with Gasteiger partial charge in [-0.1, -0.05) is 0 Å². The predicted octanol–water partition coefficient (Wildman–Crippen LogP) is 2.74. The van der Waals surface area contributed by atoms with Crippen molar-refractivity contribution in [1.29, 1.82) is 0 Å². The second-order valence-electron chi connectivity index (χ2n) is 3.75. The summed E-state index contributed by atoms with van der Waals surface area (Å²) in [7, 11) is 0. The third-order valence-electron chi connectivity index (χ3n) is 2.45. The van der Waals surface area contributed by atoms with Crippen LogP contribution >= 0.6 is 15.9 Å². The van der Waals surface area contributed by atoms with Crippen molar-refractivity contribution in [3.05, 3.63) is 46.3 Å². The van der Waals surface area contributed by atoms with E-state index in [9.17, 15) is 0 Å². The highest BCUT2D eigenvalue weighted by Crippen LogP contribution is 2.22. The molecule has 2 aromatic rings. The van der Waals surface area contributed by atoms with E-state index >= 15 is 0 Å². The minimum atomic E-state index is 0.641. The van der Waals surface area contributed by atoms with Gasteiger partial charge in [-0.15, -0.1) is 0 Å². The highest BCUT2D eigenvalue weighted by Gasteiger charge is 2.03. The number of rotatable bonds is 3. The Morgan fingerprint density at radius 1 is 1.41 bits per heavy atom. The average Bonchev–Trinajstić information content (AvgIpc) is 2.30. The minimum Gasteiger partial charge on any atom is -0.397 e. The normalized spacial score (nSPS) is 10.2. The van der Waals surface area contributed by atoms with E-state index in [1.165, 1.54) is 5.56 Å². The predicted molar refractivity (Wildman–Crippen MR) is 72.7 cm³/mol. The van der Waals surface area contributed by atoms with E-state index in [4.69, 9.17) is 5.73 Å². The molecule has 5 heteroatoms. The molecule has 2 aromatic heterocycles. The smallest absolute Gasteiger partial charge is 0.140 e. The Hall–Kier alpha value is -1.62. The van der Waals surface area contributed by atoms with Crippen LogP contribution in [-0.2, 0) is 6.54 Å². The highest BCUT2D eigenvalue weighted by molar-refractivity contribution is 9.10. The number of nitrogens with zero attached hydrogens (tertiary/aromatic N) is 2. The summed E-state index contributed by atoms with van der Waals surface area (Å²) in [6.07, 6.45) is 5.27. The minimum absolute atomic E-state index is 0.641. The Morgan fingerprint density at radius 2 is 2.24 bits per heavy atom. The molecule has 0 spiro atoms. The van der Waals surface area contributed by atoms with Crippen molar-refractivity contribution in [3.8, 4) is 0 Å². The molecule has 0 saturated heterocycles. The number of halogens is 1. The molecule has 3 N–H and O–H groups in total. The first-order valence-corrected chi connectivity index (χ1v) is 6.00. The summed E-state index contributed by atoms with van der Waals surface area (Å²) in [5.41, 5.74) is 8.63. The molecule has 2 rings (SSSR count). The molecule has 0 amide bonds. The van der Waals surface area contributed by atoms with Crippen molar-refractivity contribution < 1.29 is 0 Å². The molecule has 0 aliphatic heterocycles. The monoisotopic (exact) mass is 292 g/mol. The van der Waals surface area contributed by atoms with Crippen LogP contribution in [0.3, 0.4) is 0 Å². The lowest BCUT2D eigenvalue weighted by Gasteiger charge is -2.09. The first-order chi connectivity index (χ1) is 8.16. The molecule has 17 heavy (non-hydrogen) atoms. The lowest BCUT2D eigenvalue weighted by Crippen LogP contribution is -2.04. The number of hydrogen-bond acceptors (Lipinski definition) is 4. The summed E-state index contributed by atoms with van der Waals surface area (Å²) in [5.74, 6) is 0.787. The SMILES string of the molecule is Cc1cnccc1CNc1ncc(N)cc1Br. The van der Waals surface area contributed by atoms with E-state index in [0.29, 0.717) is 12.2 Å². The Morgan fingerprint density at radius 3 is 2.94 bits per heavy atom. The summed E-state index contributed by atoms with van der Waals surface area (Å²) < 4.78 is 0.865. The first kappa shape index (κ1) is 11.9. The number of anilines is 2. The van der Waals surface area contributed by atoms with Gasteiger partial charge < -0.3 is 11.1 Å². The molecule has 0 unspecified atom stereocenters. The zero-order valence-electron chi connectivity index (χ0n) is 9.44. The molecular weight excluding hydrogens is 280 g/mol. The summed E-state index contributed by atoms with van der Waals surface area (Å²) in [5, 5.41) is 3.26. The van der Waals surface area contributed by atoms with E-state index in [2.05, 4.69) is 31.2 Å². The Balaban J connectivity index is 2.10. The van der Waals surface area contributed by atoms with Crippen LogP contribution in [0.25, 0.3) is 0 Å². The fourth-order valence-electron chi connectivity index (χ4n) is 1.46. The van der Waals surface area contributed by atoms with E-state index in [1.54, 1.807) is 12.4 Å². The molecular formula is C12H13BrN4. The zero-order chi connectivity index (χ0) is 12.3. The largest absolute Gasteiger partial charge is 0.397 e. The molecule has 0 radical (unpaired) electrons. The third-order valence-corrected chi connectivity index (χ3v) is 3.05. The van der Waals surface area contributed by atoms with Gasteiger partial charge in [-0.05, 0) is 46.1 Å². The van der Waals surface area contributed by atoms with Crippen LogP contribution < -0.4 is 11.1 Å². The van der Waals surface area contributed by atoms with Crippen LogP contribution in [0.1, 0.15) is 11.1 Å². The average molecular weight is 293 g/mol. The van der Waals surface area contributed by atoms with E-state index in [1.807, 2.05) is 25.3 Å². The number of nitrogen functional groups attached to an aromatic ring is 1. The zero-order valence-corrected chi connectivity index (χ0v) is 11.0. The molecule has 0 atom stereocenters. The van der Waals surface area contributed by atoms with Gasteiger partial charge in [-0.3, -0.25) is 4.98 Å². The molecule has 88 valence electrons. The summed E-state index contributed by atoms with van der Waals surface area (Å²) in [6.45, 7) is 2.75. The van der Waals surface area contributed by atoms with Crippen molar-refractivity contribution in [2.75, 3.05) is 11.1 Å². The van der Waals surface area contributed by atoms with Crippen molar-refractivity contribution in [3.63, 3.8) is 0 Å². The van der Waals surface area contributed by atoms with Gasteiger partial charge in [-0.2, -0.15) is 0 Å². The lowest BCUT2D eigenvalue weighted by molar-refractivity contribution is 1.07. The standard InChI is InChI=1S/C12H13BrN4/c1-8-5-15-3-2-9(8)6-16-12-11(13)4-10(14)7-17-12/h2-5,7H,6,14H2,1H3,(H,16,17). The molecule has 0 saturated carbocycles. The number of aryl methyl sites for hydroxylation is 1. The summed E-state index contributed by atoms with van der Waals surface area (Å²) >= 11 is 3.42. The molecule has 0 aromatic carbocycles. The maximum atomic E-state index is 5.63. The molecule has 4 nitrogen and oxygen atoms in total. The number of pyridine rings is 2. The van der Waals surface area contributed by atoms with Crippen LogP contribution in [0.2, 0.25) is 0 Å². The molecule has 2 heterocycles. The van der Waals surface area contributed by atoms with E-state index < -0.39 is 0 Å². The molecule has 0 fully saturated rings. The number of nitrogens with one attached hydrogen (secondary N) is 1. The number of nitrogens with two attached hydrogens (primary N) is 1. The molecule has 0 aliphatic carbocycles. The van der Waals surface area contributed by atoms with Gasteiger partial charge in [0, 0.05) is 18.9 Å². The topological polar surface area (TPSA) is 63.8 Å². The van der Waals surface area contributed by atoms with Gasteiger partial charge in [0.05, 0.1) is 16.4 Å². The van der Waals surface area contributed by atoms with Crippen LogP contribution in [-0.4, -0.2) is 9.97 Å². The van der Waals surface area contributed by atoms with Crippen molar-refractivity contribution in [2.24, 2.45) is 0 Å². The van der Waals surface area contributed by atoms with Crippen molar-refractivity contribution in [1.82, 2.24) is 9.97 Å². The maximum Gasteiger partial charge on any atom is 0.140 e. The second kappa shape index (κ2) is 5.14. The van der Waals surface area contributed by atoms with Crippen LogP contribution in [0, 0.1) is 6.92 Å². The van der Waals surface area contributed by atoms with Gasteiger partial charge in [0.25, 0.3) is 0 Å². The van der Waals surface area contributed by atoms with E-state index in [0.717, 1.165) is 15.9 Å². The first-order valence-electron chi connectivity index (χ1n) is 5.21. The van der Waals surface area contributed by atoms with Gasteiger partial charge in [0.15, 0.2) is 0 Å². The maximum absolute atomic E-state index is 5.63. The van der Waals surface area contributed by atoms with Crippen molar-refractivity contribution in [2.45, 2.75) is 13.5 Å². The number of aromatic nitrogens is 2. The van der Waals surface area contributed by atoms with E-state index in [-0.39, 0.29) is 0 Å². The van der Waals surface area contributed by atoms with Gasteiger partial charge in [0.2, 0.25) is 0 Å². The number of hydrogen-bond donors (Lipinski definition) is 2. The van der Waals surface area contributed by atoms with Gasteiger partial charge in [-0.25, -0.2) is 4.98 Å². The lowest BCUT2D eigenvalue weighted by atomic mass is 10.1. The second-order valence-corrected chi connectivity index (χ2v) is 4.61. The Kier molecular flexibility index (Phi) is 3.58. The third kappa shape index (κ3) is 2.94. The van der Waals surface area contributed by atoms with Crippen molar-refractivity contribution >= 4 is 27.4 Å². The fourth-order valence-corrected chi connectivity index (χ4v) is 1.97. The molecule has 0 aliphatic rings. The Labute approximate surface area is 108 Å². The highest BCUT2D eigenvalue weighted by atomic mass is 79.9. The van der Waals surface area contributed by atoms with Crippen LogP contribution in [0.4, 0.5) is 11.5 Å². The summed E-state index contributed by atoms with van der Waals surface area (Å²) in [4.78, 5) is 8.28. The quantitative estimate of drug-likeness (QED) is 0.913. The van der Waals surface area contributed by atoms with Gasteiger partial charge in [0.1, 0.15) is 5.82 Å². The Bertz CT molecular complexity index is 528. The van der Waals surface area contributed by atoms with Crippen LogP contribution in [0.15, 0.2) is 35.2 Å². The van der Waals surface area contributed by atoms with Gasteiger partial charge >= 0.3 is 0 Å². The fraction of sp³-hybridized carbons (Fsp3) is 0.167. The molecule has 0 bridgehead atoms.